The molecule has 0 bridgehead atoms. The molecule has 1 aromatic carbocycles. The van der Waals surface area contributed by atoms with Crippen molar-refractivity contribution in [1.82, 2.24) is 0 Å². The molecule has 0 amide bonds. The van der Waals surface area contributed by atoms with Gasteiger partial charge in [-0.25, -0.2) is 0 Å². The molecule has 0 aliphatic heterocycles. The van der Waals surface area contributed by atoms with Gasteiger partial charge < -0.3 is 37.2 Å². The molecule has 1 aromatic rings. The van der Waals surface area contributed by atoms with Crippen molar-refractivity contribution in [2.75, 3.05) is 0 Å². The van der Waals surface area contributed by atoms with Crippen molar-refractivity contribution in [2.45, 2.75) is 50.6 Å². The Morgan fingerprint density at radius 1 is 0.957 bits per heavy atom. The van der Waals surface area contributed by atoms with Gasteiger partial charge in [0.05, 0.1) is 0 Å². The first-order valence-electron chi connectivity index (χ1n) is 7.35. The van der Waals surface area contributed by atoms with Crippen molar-refractivity contribution in [3.63, 3.8) is 0 Å². The Labute approximate surface area is 173 Å². The van der Waals surface area contributed by atoms with Crippen LogP contribution in [0.25, 0.3) is 0 Å². The van der Waals surface area contributed by atoms with Crippen LogP contribution in [0.3, 0.4) is 0 Å². The van der Waals surface area contributed by atoms with E-state index in [9.17, 15) is 0 Å². The molecule has 1 atom stereocenters. The third-order valence-corrected chi connectivity index (χ3v) is 6.95. The maximum Gasteiger partial charge on any atom is -1.00 e. The van der Waals surface area contributed by atoms with E-state index in [1.165, 1.54) is 22.3 Å². The number of hydrogen-bond acceptors (Lipinski definition) is 0. The Bertz CT molecular complexity index is 580. The van der Waals surface area contributed by atoms with Crippen molar-refractivity contribution in [1.29, 1.82) is 0 Å². The van der Waals surface area contributed by atoms with E-state index in [4.69, 9.17) is 0 Å². The van der Waals surface area contributed by atoms with E-state index < -0.39 is 8.07 Å². The molecule has 0 fully saturated rings. The first-order valence-corrected chi connectivity index (χ1v) is 11.6. The van der Waals surface area contributed by atoms with Crippen LogP contribution in [-0.2, 0) is 26.9 Å². The molecular weight excluding hydrogens is 399 g/mol. The molecule has 0 saturated heterocycles. The summed E-state index contributed by atoms with van der Waals surface area (Å²) in [5, 5.41) is 1.60. The van der Waals surface area contributed by atoms with Gasteiger partial charge in [-0.05, 0) is 0 Å². The van der Waals surface area contributed by atoms with Crippen LogP contribution in [0.15, 0.2) is 35.6 Å². The number of aryl methyl sites for hydroxylation is 3. The molecule has 0 aromatic heterocycles. The van der Waals surface area contributed by atoms with E-state index in [0.29, 0.717) is 0 Å². The van der Waals surface area contributed by atoms with E-state index in [0.717, 1.165) is 6.42 Å². The first-order chi connectivity index (χ1) is 9.11. The molecule has 5 heteroatoms. The standard InChI is InChI=1S/C18H25Si.3ClH.Ti/c1-13-9-14(2)18(15(3)10-13)12-16-7-8-17(11-16)19(4,5)6;;;;/h7-11H,12H2,1-6H3;3*1H;/q;;;;+3/p-3. The van der Waals surface area contributed by atoms with Crippen LogP contribution in [0, 0.1) is 20.8 Å². The van der Waals surface area contributed by atoms with Crippen LogP contribution < -0.4 is 37.2 Å². The van der Waals surface area contributed by atoms with Gasteiger partial charge >= 0.3 is 137 Å². The molecule has 0 nitrogen and oxygen atoms in total. The van der Waals surface area contributed by atoms with E-state index >= 15 is 0 Å². The molecule has 1 aliphatic carbocycles. The van der Waals surface area contributed by atoms with Gasteiger partial charge in [0.1, 0.15) is 0 Å². The Morgan fingerprint density at radius 2 is 1.43 bits per heavy atom. The number of rotatable bonds is 3. The summed E-state index contributed by atoms with van der Waals surface area (Å²) < 4.78 is 0.195. The van der Waals surface area contributed by atoms with Crippen molar-refractivity contribution in [3.8, 4) is 0 Å². The van der Waals surface area contributed by atoms with E-state index in [1.807, 2.05) is 0 Å². The topological polar surface area (TPSA) is 0 Å². The largest absolute Gasteiger partial charge is 1.00 e. The van der Waals surface area contributed by atoms with Gasteiger partial charge in [0.25, 0.3) is 0 Å². The third-order valence-electron chi connectivity index (χ3n) is 4.15. The van der Waals surface area contributed by atoms with Crippen LogP contribution in [0.4, 0.5) is 0 Å². The van der Waals surface area contributed by atoms with Crippen LogP contribution in [0.2, 0.25) is 23.4 Å². The minimum atomic E-state index is -1.19. The number of halogens is 3. The summed E-state index contributed by atoms with van der Waals surface area (Å²) in [5.74, 6) is 0. The second kappa shape index (κ2) is 9.27. The Balaban J connectivity index is 0. The Morgan fingerprint density at radius 3 is 1.83 bits per heavy atom. The molecule has 0 saturated carbocycles. The quantitative estimate of drug-likeness (QED) is 0.438. The summed E-state index contributed by atoms with van der Waals surface area (Å²) in [6, 6.07) is 4.63. The zero-order valence-corrected chi connectivity index (χ0v) is 19.6. The first kappa shape index (κ1) is 25.7. The molecule has 1 aliphatic rings. The van der Waals surface area contributed by atoms with Crippen molar-refractivity contribution in [3.05, 3.63) is 57.8 Å². The van der Waals surface area contributed by atoms with E-state index in [1.54, 1.807) is 5.20 Å². The second-order valence-electron chi connectivity index (χ2n) is 7.28. The van der Waals surface area contributed by atoms with E-state index in [-0.39, 0.29) is 40.9 Å². The Kier molecular flexibility index (Phi) is 10.4. The maximum atomic E-state index is 2.53. The van der Waals surface area contributed by atoms with Crippen molar-refractivity contribution >= 4 is 8.07 Å². The third kappa shape index (κ3) is 6.38. The predicted octanol–water partition coefficient (Wildman–Crippen LogP) is -3.75. The van der Waals surface area contributed by atoms with Crippen molar-refractivity contribution in [2.24, 2.45) is 0 Å². The fourth-order valence-electron chi connectivity index (χ4n) is 2.97. The minimum Gasteiger partial charge on any atom is -1.00 e. The number of benzene rings is 1. The van der Waals surface area contributed by atoms with Gasteiger partial charge in [-0.2, -0.15) is 0 Å². The molecular formula is C18H25Cl3SiTi. The molecule has 2 rings (SSSR count). The smallest absolute Gasteiger partial charge is 1.00 e. The monoisotopic (exact) mass is 422 g/mol. The zero-order valence-electron chi connectivity index (χ0n) is 14.7. The molecule has 0 heterocycles. The fraction of sp³-hybridized carbons (Fsp3) is 0.444. The minimum absolute atomic E-state index is 0. The van der Waals surface area contributed by atoms with Gasteiger partial charge in [-0.3, -0.25) is 0 Å². The predicted molar refractivity (Wildman–Crippen MR) is 87.6 cm³/mol. The average Bonchev–Trinajstić information content (AvgIpc) is 2.66. The van der Waals surface area contributed by atoms with Crippen molar-refractivity contribution < 1.29 is 57.7 Å². The molecule has 126 valence electrons. The molecule has 0 N–H and O–H groups in total. The normalized spacial score (nSPS) is 19.4. The summed E-state index contributed by atoms with van der Waals surface area (Å²) in [6.45, 7) is 14.0. The van der Waals surface area contributed by atoms with Gasteiger partial charge in [0.15, 0.2) is 0 Å². The van der Waals surface area contributed by atoms with Crippen LogP contribution in [0.5, 0.6) is 0 Å². The average molecular weight is 424 g/mol. The van der Waals surface area contributed by atoms with Gasteiger partial charge in [-0.1, -0.05) is 0 Å². The van der Waals surface area contributed by atoms with Crippen LogP contribution in [-0.4, -0.2) is 8.07 Å². The van der Waals surface area contributed by atoms with Crippen LogP contribution in [0.1, 0.15) is 22.3 Å². The van der Waals surface area contributed by atoms with E-state index in [2.05, 4.69) is 91.2 Å². The second-order valence-corrected chi connectivity index (χ2v) is 13.8. The summed E-state index contributed by atoms with van der Waals surface area (Å²) in [6.07, 6.45) is 8.44. The van der Waals surface area contributed by atoms with Crippen LogP contribution >= 0.6 is 0 Å². The molecule has 23 heavy (non-hydrogen) atoms. The molecule has 0 radical (unpaired) electrons. The fourth-order valence-corrected chi connectivity index (χ4v) is 5.12. The summed E-state index contributed by atoms with van der Waals surface area (Å²) in [5.41, 5.74) is 5.77. The molecule has 0 spiro atoms. The summed E-state index contributed by atoms with van der Waals surface area (Å²) in [7, 11) is -1.19. The number of allylic oxidation sites excluding steroid dienone is 4. The zero-order chi connectivity index (χ0) is 15.1. The van der Waals surface area contributed by atoms with Gasteiger partial charge in [0, 0.05) is 0 Å². The maximum absolute atomic E-state index is 2.53. The SMILES string of the molecule is Cc1cc(C)c(C[C]2([Ti+3])C=CC([Si](C)(C)C)=C2)c(C)c1.[Cl-].[Cl-].[Cl-]. The Hall–Kier alpha value is 0.501. The van der Waals surface area contributed by atoms with Gasteiger partial charge in [-0.15, -0.1) is 0 Å². The number of hydrogen-bond donors (Lipinski definition) is 0. The summed E-state index contributed by atoms with van der Waals surface area (Å²) in [4.78, 5) is 0. The van der Waals surface area contributed by atoms with Gasteiger partial charge in [0.2, 0.25) is 0 Å². The summed E-state index contributed by atoms with van der Waals surface area (Å²) >= 11 is 2.37. The molecule has 1 unspecified atom stereocenters.